The molecule has 0 aliphatic carbocycles. The van der Waals surface area contributed by atoms with Gasteiger partial charge in [-0.15, -0.1) is 11.3 Å². The van der Waals surface area contributed by atoms with E-state index in [0.717, 1.165) is 42.3 Å². The van der Waals surface area contributed by atoms with Gasteiger partial charge in [0.1, 0.15) is 5.01 Å². The molecule has 1 unspecified atom stereocenters. The molecule has 1 N–H and O–H groups in total. The summed E-state index contributed by atoms with van der Waals surface area (Å²) in [5, 5.41) is 5.27. The highest BCUT2D eigenvalue weighted by atomic mass is 32.2. The third-order valence-corrected chi connectivity index (χ3v) is 6.04. The van der Waals surface area contributed by atoms with Crippen LogP contribution in [0.2, 0.25) is 0 Å². The first kappa shape index (κ1) is 16.6. The summed E-state index contributed by atoms with van der Waals surface area (Å²) in [4.78, 5) is 13.0. The van der Waals surface area contributed by atoms with Gasteiger partial charge in [0.2, 0.25) is 0 Å². The Labute approximate surface area is 136 Å². The zero-order valence-electron chi connectivity index (χ0n) is 13.3. The molecule has 1 aromatic rings. The lowest BCUT2D eigenvalue weighted by Gasteiger charge is -2.34. The second-order valence-corrected chi connectivity index (χ2v) is 7.70. The van der Waals surface area contributed by atoms with Gasteiger partial charge in [-0.2, -0.15) is 11.8 Å². The van der Waals surface area contributed by atoms with Crippen molar-refractivity contribution in [2.45, 2.75) is 45.4 Å². The van der Waals surface area contributed by atoms with Crippen molar-refractivity contribution in [2.24, 2.45) is 4.99 Å². The first-order valence-electron chi connectivity index (χ1n) is 7.85. The molecule has 0 spiro atoms. The largest absolute Gasteiger partial charge is 0.357 e. The van der Waals surface area contributed by atoms with Gasteiger partial charge in [-0.1, -0.05) is 13.8 Å². The quantitative estimate of drug-likeness (QED) is 0.667. The smallest absolute Gasteiger partial charge is 0.194 e. The van der Waals surface area contributed by atoms with Gasteiger partial charge in [0, 0.05) is 41.7 Å². The Kier molecular flexibility index (Phi) is 6.83. The molecule has 0 aromatic carbocycles. The maximum Gasteiger partial charge on any atom is 0.194 e. The van der Waals surface area contributed by atoms with Crippen molar-refractivity contribution in [3.8, 4) is 0 Å². The SMILES string of the molecule is CCNC(=NCc1ncc(CC)s1)N1CCSC(CC)C1. The molecule has 1 saturated heterocycles. The Balaban J connectivity index is 2.01. The molecule has 0 amide bonds. The predicted octanol–water partition coefficient (Wildman–Crippen LogP) is 3.00. The maximum atomic E-state index is 4.79. The average Bonchev–Trinajstić information content (AvgIpc) is 2.99. The van der Waals surface area contributed by atoms with E-state index in [1.165, 1.54) is 17.1 Å². The van der Waals surface area contributed by atoms with Crippen LogP contribution in [-0.4, -0.2) is 46.5 Å². The van der Waals surface area contributed by atoms with Gasteiger partial charge < -0.3 is 10.2 Å². The van der Waals surface area contributed by atoms with Gasteiger partial charge in [-0.25, -0.2) is 9.98 Å². The fraction of sp³-hybridized carbons (Fsp3) is 0.733. The van der Waals surface area contributed by atoms with Crippen LogP contribution in [0.3, 0.4) is 0 Å². The van der Waals surface area contributed by atoms with E-state index in [2.05, 4.69) is 47.7 Å². The van der Waals surface area contributed by atoms with E-state index < -0.39 is 0 Å². The topological polar surface area (TPSA) is 40.5 Å². The fourth-order valence-corrected chi connectivity index (χ4v) is 4.28. The number of guanidine groups is 1. The number of hydrogen-bond acceptors (Lipinski definition) is 4. The maximum absolute atomic E-state index is 4.79. The third kappa shape index (κ3) is 4.88. The monoisotopic (exact) mass is 326 g/mol. The molecule has 4 nitrogen and oxygen atoms in total. The molecule has 2 heterocycles. The predicted molar refractivity (Wildman–Crippen MR) is 94.4 cm³/mol. The van der Waals surface area contributed by atoms with E-state index >= 15 is 0 Å². The van der Waals surface area contributed by atoms with Crippen LogP contribution in [0.15, 0.2) is 11.2 Å². The number of hydrogen-bond donors (Lipinski definition) is 1. The van der Waals surface area contributed by atoms with E-state index in [9.17, 15) is 0 Å². The van der Waals surface area contributed by atoms with Crippen molar-refractivity contribution < 1.29 is 0 Å². The van der Waals surface area contributed by atoms with Crippen molar-refractivity contribution in [1.29, 1.82) is 0 Å². The summed E-state index contributed by atoms with van der Waals surface area (Å²) in [6.07, 6.45) is 4.27. The number of aryl methyl sites for hydroxylation is 1. The lowest BCUT2D eigenvalue weighted by Crippen LogP contribution is -2.48. The number of aromatic nitrogens is 1. The number of nitrogens with one attached hydrogen (secondary N) is 1. The van der Waals surface area contributed by atoms with Gasteiger partial charge in [0.05, 0.1) is 6.54 Å². The Hall–Kier alpha value is -0.750. The standard InChI is InChI=1S/C15H26N4S2/c1-4-12-9-17-14(21-12)10-18-15(16-6-3)19-7-8-20-13(5-2)11-19/h9,13H,4-8,10-11H2,1-3H3,(H,16,18). The molecule has 1 fully saturated rings. The van der Waals surface area contributed by atoms with E-state index in [1.54, 1.807) is 11.3 Å². The molecular weight excluding hydrogens is 300 g/mol. The summed E-state index contributed by atoms with van der Waals surface area (Å²) in [6.45, 7) is 10.4. The van der Waals surface area contributed by atoms with Crippen LogP contribution >= 0.6 is 23.1 Å². The van der Waals surface area contributed by atoms with E-state index in [1.807, 2.05) is 6.20 Å². The number of aliphatic imine (C=N–C) groups is 1. The number of nitrogens with zero attached hydrogens (tertiary/aromatic N) is 3. The zero-order valence-corrected chi connectivity index (χ0v) is 14.9. The number of thioether (sulfide) groups is 1. The van der Waals surface area contributed by atoms with Crippen LogP contribution in [0.4, 0.5) is 0 Å². The molecule has 6 heteroatoms. The zero-order chi connectivity index (χ0) is 15.1. The van der Waals surface area contributed by atoms with Gasteiger partial charge in [0.15, 0.2) is 5.96 Å². The average molecular weight is 327 g/mol. The molecule has 1 atom stereocenters. The molecule has 1 aromatic heterocycles. The molecule has 2 rings (SSSR count). The van der Waals surface area contributed by atoms with Crippen LogP contribution < -0.4 is 5.32 Å². The van der Waals surface area contributed by atoms with Crippen molar-refractivity contribution >= 4 is 29.1 Å². The van der Waals surface area contributed by atoms with Crippen molar-refractivity contribution in [3.63, 3.8) is 0 Å². The van der Waals surface area contributed by atoms with Crippen molar-refractivity contribution in [3.05, 3.63) is 16.1 Å². The second kappa shape index (κ2) is 8.63. The summed E-state index contributed by atoms with van der Waals surface area (Å²) in [5.74, 6) is 2.24. The molecule has 21 heavy (non-hydrogen) atoms. The summed E-state index contributed by atoms with van der Waals surface area (Å²) in [6, 6.07) is 0. The van der Waals surface area contributed by atoms with Crippen molar-refractivity contribution in [1.82, 2.24) is 15.2 Å². The van der Waals surface area contributed by atoms with Crippen LogP contribution in [-0.2, 0) is 13.0 Å². The minimum Gasteiger partial charge on any atom is -0.357 e. The van der Waals surface area contributed by atoms with Crippen molar-refractivity contribution in [2.75, 3.05) is 25.4 Å². The highest BCUT2D eigenvalue weighted by Gasteiger charge is 2.21. The van der Waals surface area contributed by atoms with E-state index in [4.69, 9.17) is 4.99 Å². The molecule has 1 aliphatic heterocycles. The number of rotatable bonds is 5. The summed E-state index contributed by atoms with van der Waals surface area (Å²) in [5.41, 5.74) is 0. The molecular formula is C15H26N4S2. The van der Waals surface area contributed by atoms with Crippen LogP contribution in [0.25, 0.3) is 0 Å². The first-order valence-corrected chi connectivity index (χ1v) is 9.71. The second-order valence-electron chi connectivity index (χ2n) is 5.09. The molecule has 0 bridgehead atoms. The highest BCUT2D eigenvalue weighted by Crippen LogP contribution is 2.21. The molecule has 0 saturated carbocycles. The van der Waals surface area contributed by atoms with Gasteiger partial charge in [0.25, 0.3) is 0 Å². The van der Waals surface area contributed by atoms with Gasteiger partial charge in [-0.3, -0.25) is 0 Å². The summed E-state index contributed by atoms with van der Waals surface area (Å²) in [7, 11) is 0. The summed E-state index contributed by atoms with van der Waals surface area (Å²) >= 11 is 3.86. The lowest BCUT2D eigenvalue weighted by molar-refractivity contribution is 0.408. The fourth-order valence-electron chi connectivity index (χ4n) is 2.31. The normalized spacial score (nSPS) is 19.9. The Morgan fingerprint density at radius 3 is 3.00 bits per heavy atom. The Morgan fingerprint density at radius 1 is 1.48 bits per heavy atom. The molecule has 1 aliphatic rings. The van der Waals surface area contributed by atoms with Crippen LogP contribution in [0, 0.1) is 0 Å². The molecule has 0 radical (unpaired) electrons. The first-order chi connectivity index (χ1) is 10.3. The summed E-state index contributed by atoms with van der Waals surface area (Å²) < 4.78 is 0. The minimum absolute atomic E-state index is 0.688. The third-order valence-electron chi connectivity index (χ3n) is 3.54. The highest BCUT2D eigenvalue weighted by molar-refractivity contribution is 8.00. The van der Waals surface area contributed by atoms with Crippen LogP contribution in [0.1, 0.15) is 37.1 Å². The Morgan fingerprint density at radius 2 is 2.33 bits per heavy atom. The minimum atomic E-state index is 0.688. The van der Waals surface area contributed by atoms with Crippen LogP contribution in [0.5, 0.6) is 0 Å². The van der Waals surface area contributed by atoms with E-state index in [0.29, 0.717) is 6.54 Å². The number of thiazole rings is 1. The Bertz CT molecular complexity index is 458. The lowest BCUT2D eigenvalue weighted by atomic mass is 10.3. The van der Waals surface area contributed by atoms with E-state index in [-0.39, 0.29) is 0 Å². The molecule has 118 valence electrons. The van der Waals surface area contributed by atoms with Gasteiger partial charge >= 0.3 is 0 Å². The van der Waals surface area contributed by atoms with Gasteiger partial charge in [-0.05, 0) is 19.8 Å².